The van der Waals surface area contributed by atoms with Crippen molar-refractivity contribution in [3.8, 4) is 0 Å². The SMILES string of the molecule is Cn1nccc1C(=O)N1CCC(C(=O)O)C(C(=O)O)C1. The van der Waals surface area contributed by atoms with Gasteiger partial charge >= 0.3 is 11.9 Å². The Labute approximate surface area is 114 Å². The molecule has 2 N–H and O–H groups in total. The molecular weight excluding hydrogens is 266 g/mol. The fourth-order valence-corrected chi connectivity index (χ4v) is 2.43. The largest absolute Gasteiger partial charge is 0.481 e. The number of hydrogen-bond acceptors (Lipinski definition) is 4. The van der Waals surface area contributed by atoms with Crippen LogP contribution in [0.2, 0.25) is 0 Å². The van der Waals surface area contributed by atoms with Crippen molar-refractivity contribution < 1.29 is 24.6 Å². The highest BCUT2D eigenvalue weighted by molar-refractivity contribution is 5.93. The molecule has 1 amide bonds. The van der Waals surface area contributed by atoms with Gasteiger partial charge in [0.25, 0.3) is 5.91 Å². The molecule has 0 aromatic carbocycles. The lowest BCUT2D eigenvalue weighted by atomic mass is 9.85. The summed E-state index contributed by atoms with van der Waals surface area (Å²) in [5.74, 6) is -4.70. The highest BCUT2D eigenvalue weighted by Gasteiger charge is 2.40. The van der Waals surface area contributed by atoms with Gasteiger partial charge in [0.05, 0.1) is 11.8 Å². The van der Waals surface area contributed by atoms with Gasteiger partial charge in [-0.25, -0.2) is 0 Å². The van der Waals surface area contributed by atoms with Crippen LogP contribution in [0, 0.1) is 11.8 Å². The van der Waals surface area contributed by atoms with Gasteiger partial charge in [-0.05, 0) is 12.5 Å². The minimum Gasteiger partial charge on any atom is -0.481 e. The van der Waals surface area contributed by atoms with Crippen molar-refractivity contribution in [1.29, 1.82) is 0 Å². The van der Waals surface area contributed by atoms with E-state index in [-0.39, 0.29) is 25.4 Å². The molecule has 0 radical (unpaired) electrons. The zero-order valence-electron chi connectivity index (χ0n) is 10.9. The number of carboxylic acid groups (broad SMARTS) is 2. The summed E-state index contributed by atoms with van der Waals surface area (Å²) in [6, 6.07) is 1.54. The maximum Gasteiger partial charge on any atom is 0.309 e. The number of hydrogen-bond donors (Lipinski definition) is 2. The van der Waals surface area contributed by atoms with Crippen LogP contribution in [0.5, 0.6) is 0 Å². The van der Waals surface area contributed by atoms with Crippen LogP contribution in [-0.2, 0) is 16.6 Å². The molecule has 2 unspecified atom stereocenters. The Morgan fingerprint density at radius 1 is 1.25 bits per heavy atom. The molecule has 8 heteroatoms. The third-order valence-electron chi connectivity index (χ3n) is 3.57. The molecule has 1 fully saturated rings. The minimum atomic E-state index is -1.19. The Balaban J connectivity index is 2.17. The van der Waals surface area contributed by atoms with E-state index in [1.165, 1.54) is 15.8 Å². The Kier molecular flexibility index (Phi) is 3.73. The van der Waals surface area contributed by atoms with Crippen LogP contribution >= 0.6 is 0 Å². The summed E-state index contributed by atoms with van der Waals surface area (Å²) < 4.78 is 1.40. The molecule has 0 aliphatic carbocycles. The number of carbonyl (C=O) groups excluding carboxylic acids is 1. The van der Waals surface area contributed by atoms with Crippen molar-refractivity contribution in [2.75, 3.05) is 13.1 Å². The van der Waals surface area contributed by atoms with Crippen LogP contribution in [-0.4, -0.2) is 55.8 Å². The van der Waals surface area contributed by atoms with Crippen molar-refractivity contribution in [1.82, 2.24) is 14.7 Å². The monoisotopic (exact) mass is 281 g/mol. The summed E-state index contributed by atoms with van der Waals surface area (Å²) in [6.07, 6.45) is 1.61. The van der Waals surface area contributed by atoms with Crippen LogP contribution in [0.25, 0.3) is 0 Å². The number of nitrogens with zero attached hydrogens (tertiary/aromatic N) is 3. The van der Waals surface area contributed by atoms with E-state index < -0.39 is 23.8 Å². The van der Waals surface area contributed by atoms with Gasteiger partial charge in [0.1, 0.15) is 5.69 Å². The Morgan fingerprint density at radius 2 is 1.90 bits per heavy atom. The number of amides is 1. The van der Waals surface area contributed by atoms with E-state index in [2.05, 4.69) is 5.10 Å². The average molecular weight is 281 g/mol. The lowest BCUT2D eigenvalue weighted by Crippen LogP contribution is -2.49. The molecule has 2 atom stereocenters. The van der Waals surface area contributed by atoms with Crippen LogP contribution in [0.15, 0.2) is 12.3 Å². The number of aromatic nitrogens is 2. The van der Waals surface area contributed by atoms with E-state index in [0.717, 1.165) is 0 Å². The van der Waals surface area contributed by atoms with E-state index in [1.807, 2.05) is 0 Å². The van der Waals surface area contributed by atoms with E-state index in [9.17, 15) is 14.4 Å². The van der Waals surface area contributed by atoms with Crippen LogP contribution in [0.4, 0.5) is 0 Å². The van der Waals surface area contributed by atoms with Gasteiger partial charge in [-0.3, -0.25) is 19.1 Å². The van der Waals surface area contributed by atoms with Crippen molar-refractivity contribution in [2.45, 2.75) is 6.42 Å². The number of carboxylic acids is 2. The van der Waals surface area contributed by atoms with Gasteiger partial charge in [-0.1, -0.05) is 0 Å². The first-order valence-corrected chi connectivity index (χ1v) is 6.14. The van der Waals surface area contributed by atoms with Crippen molar-refractivity contribution in [2.24, 2.45) is 18.9 Å². The third-order valence-corrected chi connectivity index (χ3v) is 3.57. The number of aryl methyl sites for hydroxylation is 1. The summed E-state index contributed by atoms with van der Waals surface area (Å²) in [6.45, 7) is 0.126. The second kappa shape index (κ2) is 5.32. The van der Waals surface area contributed by atoms with Crippen molar-refractivity contribution in [3.05, 3.63) is 18.0 Å². The topological polar surface area (TPSA) is 113 Å². The van der Waals surface area contributed by atoms with Gasteiger partial charge in [0, 0.05) is 26.3 Å². The lowest BCUT2D eigenvalue weighted by Gasteiger charge is -2.34. The number of rotatable bonds is 3. The Morgan fingerprint density at radius 3 is 2.40 bits per heavy atom. The predicted octanol–water partition coefficient (Wildman–Crippen LogP) is -0.332. The maximum atomic E-state index is 12.3. The molecule has 0 spiro atoms. The van der Waals surface area contributed by atoms with Gasteiger partial charge < -0.3 is 15.1 Å². The zero-order valence-corrected chi connectivity index (χ0v) is 10.9. The van der Waals surface area contributed by atoms with E-state index in [0.29, 0.717) is 5.69 Å². The number of piperidine rings is 1. The summed E-state index contributed by atoms with van der Waals surface area (Å²) in [7, 11) is 1.62. The fraction of sp³-hybridized carbons (Fsp3) is 0.500. The lowest BCUT2D eigenvalue weighted by molar-refractivity contribution is -0.156. The van der Waals surface area contributed by atoms with Gasteiger partial charge in [0.15, 0.2) is 0 Å². The Hall–Kier alpha value is -2.38. The van der Waals surface area contributed by atoms with E-state index >= 15 is 0 Å². The van der Waals surface area contributed by atoms with Gasteiger partial charge in [0.2, 0.25) is 0 Å². The standard InChI is InChI=1S/C12H15N3O5/c1-14-9(2-4-13-14)10(16)15-5-3-7(11(17)18)8(6-15)12(19)20/h2,4,7-8H,3,5-6H2,1H3,(H,17,18)(H,19,20). The predicted molar refractivity (Wildman–Crippen MR) is 66.0 cm³/mol. The fourth-order valence-electron chi connectivity index (χ4n) is 2.43. The molecule has 1 aromatic heterocycles. The molecule has 0 saturated carbocycles. The molecule has 2 heterocycles. The van der Waals surface area contributed by atoms with Crippen LogP contribution in [0.3, 0.4) is 0 Å². The van der Waals surface area contributed by atoms with Crippen molar-refractivity contribution in [3.63, 3.8) is 0 Å². The summed E-state index contributed by atoms with van der Waals surface area (Å²) >= 11 is 0. The highest BCUT2D eigenvalue weighted by Crippen LogP contribution is 2.25. The zero-order chi connectivity index (χ0) is 14.9. The first kappa shape index (κ1) is 14.0. The molecule has 1 saturated heterocycles. The second-order valence-corrected chi connectivity index (χ2v) is 4.77. The molecular formula is C12H15N3O5. The molecule has 0 bridgehead atoms. The number of likely N-dealkylation sites (tertiary alicyclic amines) is 1. The molecule has 108 valence electrons. The minimum absolute atomic E-state index is 0.101. The summed E-state index contributed by atoms with van der Waals surface area (Å²) in [5.41, 5.74) is 0.350. The summed E-state index contributed by atoms with van der Waals surface area (Å²) in [4.78, 5) is 35.8. The van der Waals surface area contributed by atoms with Crippen LogP contribution < -0.4 is 0 Å². The average Bonchev–Trinajstić information content (AvgIpc) is 2.83. The van der Waals surface area contributed by atoms with Crippen molar-refractivity contribution >= 4 is 17.8 Å². The third kappa shape index (κ3) is 2.49. The molecule has 8 nitrogen and oxygen atoms in total. The normalized spacial score (nSPS) is 22.6. The molecule has 2 rings (SSSR count). The molecule has 1 aromatic rings. The highest BCUT2D eigenvalue weighted by atomic mass is 16.4. The second-order valence-electron chi connectivity index (χ2n) is 4.77. The van der Waals surface area contributed by atoms with Gasteiger partial charge in [-0.15, -0.1) is 0 Å². The smallest absolute Gasteiger partial charge is 0.309 e. The quantitative estimate of drug-likeness (QED) is 0.784. The van der Waals surface area contributed by atoms with E-state index in [4.69, 9.17) is 10.2 Å². The molecule has 1 aliphatic rings. The molecule has 20 heavy (non-hydrogen) atoms. The maximum absolute atomic E-state index is 12.3. The molecule has 1 aliphatic heterocycles. The number of carbonyl (C=O) groups is 3. The number of aliphatic carboxylic acids is 2. The first-order valence-electron chi connectivity index (χ1n) is 6.14. The van der Waals surface area contributed by atoms with Crippen LogP contribution in [0.1, 0.15) is 16.9 Å². The summed E-state index contributed by atoms with van der Waals surface area (Å²) in [5, 5.41) is 22.0. The Bertz CT molecular complexity index is 553. The first-order chi connectivity index (χ1) is 9.41. The van der Waals surface area contributed by atoms with Gasteiger partial charge in [-0.2, -0.15) is 5.10 Å². The van der Waals surface area contributed by atoms with E-state index in [1.54, 1.807) is 13.1 Å².